The highest BCUT2D eigenvalue weighted by atomic mass is 35.5. The van der Waals surface area contributed by atoms with Gasteiger partial charge in [0.15, 0.2) is 0 Å². The molecule has 5 aromatic rings. The monoisotopic (exact) mass is 568 g/mol. The van der Waals surface area contributed by atoms with Crippen molar-refractivity contribution in [3.63, 3.8) is 0 Å². The van der Waals surface area contributed by atoms with E-state index in [1.165, 1.54) is 18.5 Å². The summed E-state index contributed by atoms with van der Waals surface area (Å²) in [4.78, 5) is 23.8. The largest absolute Gasteiger partial charge is 0.487 e. The first-order valence-electron chi connectivity index (χ1n) is 13.2. The van der Waals surface area contributed by atoms with E-state index >= 15 is 0 Å². The lowest BCUT2D eigenvalue weighted by Crippen LogP contribution is -2.40. The molecule has 1 amide bonds. The van der Waals surface area contributed by atoms with Gasteiger partial charge in [-0.3, -0.25) is 4.79 Å². The smallest absolute Gasteiger partial charge is 0.254 e. The molecule has 1 N–H and O–H groups in total. The summed E-state index contributed by atoms with van der Waals surface area (Å²) >= 11 is 6.50. The van der Waals surface area contributed by atoms with Gasteiger partial charge in [0, 0.05) is 29.7 Å². The van der Waals surface area contributed by atoms with Crippen molar-refractivity contribution in [3.8, 4) is 16.9 Å². The number of morpholine rings is 1. The number of hydrogen-bond acceptors (Lipinski definition) is 6. The maximum atomic E-state index is 13.5. The van der Waals surface area contributed by atoms with Gasteiger partial charge >= 0.3 is 0 Å². The molecule has 0 unspecified atom stereocenters. The van der Waals surface area contributed by atoms with Crippen LogP contribution in [0.4, 0.5) is 15.9 Å². The third-order valence-electron chi connectivity index (χ3n) is 6.85. The highest BCUT2D eigenvalue weighted by molar-refractivity contribution is 6.32. The van der Waals surface area contributed by atoms with Crippen LogP contribution >= 0.6 is 11.6 Å². The van der Waals surface area contributed by atoms with Crippen molar-refractivity contribution >= 4 is 39.9 Å². The van der Waals surface area contributed by atoms with Crippen LogP contribution in [0.5, 0.6) is 5.75 Å². The third kappa shape index (κ3) is 6.14. The average Bonchev–Trinajstić information content (AvgIpc) is 3.01. The number of fused-ring (bicyclic) bond motifs is 1. The molecule has 41 heavy (non-hydrogen) atoms. The standard InChI is InChI=1S/C32H26ClFN4O3/c33-28-18-26(8-10-30(28)41-19-21-3-1-6-25(34)15-21)37-31-27-17-23(7-9-29(27)35-20-36-31)22-4-2-5-24(16-22)32(39)38-11-13-40-14-12-38/h1-10,15-18,20H,11-14,19H2,(H,35,36,37). The van der Waals surface area contributed by atoms with Gasteiger partial charge in [-0.15, -0.1) is 0 Å². The molecule has 1 aromatic heterocycles. The average molecular weight is 569 g/mol. The summed E-state index contributed by atoms with van der Waals surface area (Å²) in [5, 5.41) is 4.56. The molecule has 1 saturated heterocycles. The number of amides is 1. The minimum absolute atomic E-state index is 0.00173. The number of nitrogens with one attached hydrogen (secondary N) is 1. The molecule has 0 aliphatic carbocycles. The van der Waals surface area contributed by atoms with Gasteiger partial charge in [0.2, 0.25) is 0 Å². The molecule has 0 bridgehead atoms. The van der Waals surface area contributed by atoms with E-state index < -0.39 is 0 Å². The van der Waals surface area contributed by atoms with Crippen molar-refractivity contribution in [1.82, 2.24) is 14.9 Å². The molecular formula is C32H26ClFN4O3. The summed E-state index contributed by atoms with van der Waals surface area (Å²) < 4.78 is 24.6. The second kappa shape index (κ2) is 11.9. The lowest BCUT2D eigenvalue weighted by molar-refractivity contribution is 0.0303. The lowest BCUT2D eigenvalue weighted by atomic mass is 10.0. The molecule has 0 spiro atoms. The van der Waals surface area contributed by atoms with Crippen LogP contribution in [0, 0.1) is 5.82 Å². The number of carbonyl (C=O) groups is 1. The number of carbonyl (C=O) groups excluding carboxylic acids is 1. The molecule has 4 aromatic carbocycles. The van der Waals surface area contributed by atoms with Gasteiger partial charge < -0.3 is 19.7 Å². The van der Waals surface area contributed by atoms with Crippen LogP contribution in [0.25, 0.3) is 22.0 Å². The number of anilines is 2. The van der Waals surface area contributed by atoms with Crippen molar-refractivity contribution in [2.45, 2.75) is 6.61 Å². The minimum atomic E-state index is -0.314. The maximum Gasteiger partial charge on any atom is 0.254 e. The van der Waals surface area contributed by atoms with Crippen LogP contribution in [0.1, 0.15) is 15.9 Å². The first kappa shape index (κ1) is 26.7. The van der Waals surface area contributed by atoms with E-state index in [0.29, 0.717) is 54.0 Å². The molecule has 6 rings (SSSR count). The normalized spacial score (nSPS) is 13.3. The molecule has 1 aliphatic heterocycles. The molecule has 2 heterocycles. The van der Waals surface area contributed by atoms with Gasteiger partial charge in [0.25, 0.3) is 5.91 Å². The Morgan fingerprint density at radius 1 is 0.951 bits per heavy atom. The van der Waals surface area contributed by atoms with Crippen LogP contribution in [-0.2, 0) is 11.3 Å². The predicted molar refractivity (Wildman–Crippen MR) is 157 cm³/mol. The topological polar surface area (TPSA) is 76.6 Å². The van der Waals surface area contributed by atoms with E-state index in [2.05, 4.69) is 15.3 Å². The fourth-order valence-electron chi connectivity index (χ4n) is 4.74. The molecule has 206 valence electrons. The summed E-state index contributed by atoms with van der Waals surface area (Å²) in [5.41, 5.74) is 4.70. The Morgan fingerprint density at radius 3 is 2.61 bits per heavy atom. The Bertz CT molecular complexity index is 1730. The lowest BCUT2D eigenvalue weighted by Gasteiger charge is -2.27. The zero-order chi connectivity index (χ0) is 28.2. The Balaban J connectivity index is 1.22. The molecule has 0 saturated carbocycles. The van der Waals surface area contributed by atoms with Gasteiger partial charge in [-0.25, -0.2) is 14.4 Å². The minimum Gasteiger partial charge on any atom is -0.487 e. The molecule has 1 fully saturated rings. The van der Waals surface area contributed by atoms with Crippen LogP contribution in [0.15, 0.2) is 91.3 Å². The van der Waals surface area contributed by atoms with Gasteiger partial charge in [-0.1, -0.05) is 41.9 Å². The van der Waals surface area contributed by atoms with Gasteiger partial charge in [0.05, 0.1) is 23.8 Å². The van der Waals surface area contributed by atoms with Crippen molar-refractivity contribution in [2.75, 3.05) is 31.6 Å². The number of nitrogens with zero attached hydrogens (tertiary/aromatic N) is 3. The van der Waals surface area contributed by atoms with E-state index in [4.69, 9.17) is 21.1 Å². The van der Waals surface area contributed by atoms with Crippen LogP contribution in [0.3, 0.4) is 0 Å². The van der Waals surface area contributed by atoms with Gasteiger partial charge in [-0.05, 0) is 71.3 Å². The zero-order valence-corrected chi connectivity index (χ0v) is 22.8. The number of aromatic nitrogens is 2. The van der Waals surface area contributed by atoms with E-state index in [0.717, 1.165) is 27.7 Å². The summed E-state index contributed by atoms with van der Waals surface area (Å²) in [5.74, 6) is 0.790. The fraction of sp³-hybridized carbons (Fsp3) is 0.156. The molecule has 1 aliphatic rings. The zero-order valence-electron chi connectivity index (χ0n) is 22.0. The van der Waals surface area contributed by atoms with E-state index in [1.807, 2.05) is 53.4 Å². The predicted octanol–water partition coefficient (Wildman–Crippen LogP) is 6.88. The third-order valence-corrected chi connectivity index (χ3v) is 7.15. The van der Waals surface area contributed by atoms with Crippen molar-refractivity contribution in [2.24, 2.45) is 0 Å². The van der Waals surface area contributed by atoms with E-state index in [9.17, 15) is 9.18 Å². The number of benzene rings is 4. The first-order chi connectivity index (χ1) is 20.0. The second-order valence-electron chi connectivity index (χ2n) is 9.63. The van der Waals surface area contributed by atoms with Crippen LogP contribution in [0.2, 0.25) is 5.02 Å². The molecule has 7 nitrogen and oxygen atoms in total. The SMILES string of the molecule is O=C(c1cccc(-c2ccc3ncnc(Nc4ccc(OCc5cccc(F)c5)c(Cl)c4)c3c2)c1)N1CCOCC1. The van der Waals surface area contributed by atoms with E-state index in [-0.39, 0.29) is 18.3 Å². The van der Waals surface area contributed by atoms with Crippen LogP contribution < -0.4 is 10.1 Å². The summed E-state index contributed by atoms with van der Waals surface area (Å²) in [6, 6.07) is 25.2. The Kier molecular flexibility index (Phi) is 7.75. The van der Waals surface area contributed by atoms with Crippen molar-refractivity contribution in [3.05, 3.63) is 113 Å². The molecule has 0 atom stereocenters. The highest BCUT2D eigenvalue weighted by Gasteiger charge is 2.19. The van der Waals surface area contributed by atoms with Crippen molar-refractivity contribution < 1.29 is 18.7 Å². The fourth-order valence-corrected chi connectivity index (χ4v) is 4.97. The number of rotatable bonds is 7. The maximum absolute atomic E-state index is 13.5. The molecule has 0 radical (unpaired) electrons. The number of hydrogen-bond donors (Lipinski definition) is 1. The van der Waals surface area contributed by atoms with Gasteiger partial charge in [-0.2, -0.15) is 0 Å². The second-order valence-corrected chi connectivity index (χ2v) is 10.0. The highest BCUT2D eigenvalue weighted by Crippen LogP contribution is 2.32. The molecule has 9 heteroatoms. The Morgan fingerprint density at radius 2 is 1.78 bits per heavy atom. The summed E-state index contributed by atoms with van der Waals surface area (Å²) in [6.07, 6.45) is 1.50. The van der Waals surface area contributed by atoms with Gasteiger partial charge in [0.1, 0.15) is 30.3 Å². The summed E-state index contributed by atoms with van der Waals surface area (Å²) in [6.45, 7) is 2.50. The van der Waals surface area contributed by atoms with E-state index in [1.54, 1.807) is 24.3 Å². The van der Waals surface area contributed by atoms with Crippen molar-refractivity contribution in [1.29, 1.82) is 0 Å². The number of ether oxygens (including phenoxy) is 2. The Labute approximate surface area is 241 Å². The number of halogens is 2. The first-order valence-corrected chi connectivity index (χ1v) is 13.6. The molecular weight excluding hydrogens is 543 g/mol. The van der Waals surface area contributed by atoms with Crippen LogP contribution in [-0.4, -0.2) is 47.1 Å². The Hall–Kier alpha value is -4.53. The quantitative estimate of drug-likeness (QED) is 0.230. The summed E-state index contributed by atoms with van der Waals surface area (Å²) in [7, 11) is 0.